The lowest BCUT2D eigenvalue weighted by molar-refractivity contribution is 0.220. The molecule has 0 amide bonds. The molecule has 3 heteroatoms. The minimum Gasteiger partial charge on any atom is -0.384 e. The Balaban J connectivity index is 2.33. The lowest BCUT2D eigenvalue weighted by atomic mass is 10.0. The Morgan fingerprint density at radius 3 is 2.24 bits per heavy atom. The molecule has 0 fully saturated rings. The van der Waals surface area contributed by atoms with Crippen LogP contribution in [0.1, 0.15) is 22.8 Å². The molecule has 0 aromatic heterocycles. The van der Waals surface area contributed by atoms with E-state index in [1.54, 1.807) is 0 Å². The van der Waals surface area contributed by atoms with Crippen LogP contribution in [0.4, 0.5) is 0 Å². The molecule has 0 saturated heterocycles. The van der Waals surface area contributed by atoms with E-state index in [4.69, 9.17) is 11.6 Å². The van der Waals surface area contributed by atoms with E-state index in [-0.39, 0.29) is 0 Å². The standard InChI is InChI=1S/C14H12BrClO/c1-9-8-11(4-7-13(9)16)14(17)10-2-5-12(15)6-3-10/h2-8,14,17H,1H3/t14-/m0/s1. The quantitative estimate of drug-likeness (QED) is 0.866. The molecule has 88 valence electrons. The normalized spacial score (nSPS) is 12.5. The Kier molecular flexibility index (Phi) is 3.87. The molecule has 1 atom stereocenters. The molecular formula is C14H12BrClO. The summed E-state index contributed by atoms with van der Waals surface area (Å²) in [5, 5.41) is 11.0. The van der Waals surface area contributed by atoms with Gasteiger partial charge in [-0.2, -0.15) is 0 Å². The van der Waals surface area contributed by atoms with E-state index < -0.39 is 6.10 Å². The van der Waals surface area contributed by atoms with Crippen molar-refractivity contribution in [2.24, 2.45) is 0 Å². The first-order valence-electron chi connectivity index (χ1n) is 5.27. The lowest BCUT2D eigenvalue weighted by Crippen LogP contribution is -1.99. The second-order valence-electron chi connectivity index (χ2n) is 3.96. The highest BCUT2D eigenvalue weighted by atomic mass is 79.9. The Morgan fingerprint density at radius 1 is 1.06 bits per heavy atom. The zero-order valence-electron chi connectivity index (χ0n) is 9.32. The van der Waals surface area contributed by atoms with Crippen molar-refractivity contribution in [1.82, 2.24) is 0 Å². The van der Waals surface area contributed by atoms with Gasteiger partial charge in [-0.05, 0) is 41.8 Å². The Bertz CT molecular complexity index is 522. The molecule has 2 aromatic carbocycles. The maximum atomic E-state index is 10.2. The molecule has 0 saturated carbocycles. The van der Waals surface area contributed by atoms with Gasteiger partial charge in [-0.1, -0.05) is 51.8 Å². The molecule has 2 aromatic rings. The van der Waals surface area contributed by atoms with Gasteiger partial charge in [-0.15, -0.1) is 0 Å². The summed E-state index contributed by atoms with van der Waals surface area (Å²) in [7, 11) is 0. The number of rotatable bonds is 2. The fourth-order valence-electron chi connectivity index (χ4n) is 1.68. The topological polar surface area (TPSA) is 20.2 Å². The molecule has 0 aliphatic heterocycles. The van der Waals surface area contributed by atoms with Crippen LogP contribution in [0.15, 0.2) is 46.9 Å². The van der Waals surface area contributed by atoms with Crippen molar-refractivity contribution in [2.75, 3.05) is 0 Å². The lowest BCUT2D eigenvalue weighted by Gasteiger charge is -2.12. The van der Waals surface area contributed by atoms with E-state index >= 15 is 0 Å². The van der Waals surface area contributed by atoms with E-state index in [2.05, 4.69) is 15.9 Å². The van der Waals surface area contributed by atoms with E-state index in [9.17, 15) is 5.11 Å². The zero-order valence-corrected chi connectivity index (χ0v) is 11.7. The van der Waals surface area contributed by atoms with Crippen LogP contribution >= 0.6 is 27.5 Å². The third-order valence-electron chi connectivity index (χ3n) is 2.68. The molecule has 1 N–H and O–H groups in total. The Hall–Kier alpha value is -0.830. The van der Waals surface area contributed by atoms with Gasteiger partial charge in [0, 0.05) is 9.50 Å². The molecule has 0 bridgehead atoms. The summed E-state index contributed by atoms with van der Waals surface area (Å²) in [6.07, 6.45) is -0.612. The first-order valence-corrected chi connectivity index (χ1v) is 6.44. The van der Waals surface area contributed by atoms with Gasteiger partial charge in [0.05, 0.1) is 0 Å². The smallest absolute Gasteiger partial charge is 0.104 e. The first-order chi connectivity index (χ1) is 8.08. The summed E-state index contributed by atoms with van der Waals surface area (Å²) in [6.45, 7) is 1.93. The number of aliphatic hydroxyl groups excluding tert-OH is 1. The van der Waals surface area contributed by atoms with Crippen LogP contribution in [0.2, 0.25) is 5.02 Å². The summed E-state index contributed by atoms with van der Waals surface area (Å²) in [5.74, 6) is 0. The van der Waals surface area contributed by atoms with Crippen LogP contribution < -0.4 is 0 Å². The third-order valence-corrected chi connectivity index (χ3v) is 3.64. The predicted molar refractivity (Wildman–Crippen MR) is 74.4 cm³/mol. The molecule has 1 nitrogen and oxygen atoms in total. The van der Waals surface area contributed by atoms with Crippen molar-refractivity contribution in [2.45, 2.75) is 13.0 Å². The summed E-state index contributed by atoms with van der Waals surface area (Å²) < 4.78 is 1.00. The van der Waals surface area contributed by atoms with Crippen LogP contribution in [0.3, 0.4) is 0 Å². The number of benzene rings is 2. The van der Waals surface area contributed by atoms with Crippen LogP contribution in [-0.2, 0) is 0 Å². The summed E-state index contributed by atoms with van der Waals surface area (Å²) in [6, 6.07) is 13.2. The largest absolute Gasteiger partial charge is 0.384 e. The minimum absolute atomic E-state index is 0.612. The molecule has 0 aliphatic carbocycles. The third kappa shape index (κ3) is 2.89. The second kappa shape index (κ2) is 5.21. The van der Waals surface area contributed by atoms with Gasteiger partial charge in [-0.3, -0.25) is 0 Å². The average Bonchev–Trinajstić information content (AvgIpc) is 2.33. The fraction of sp³-hybridized carbons (Fsp3) is 0.143. The molecular weight excluding hydrogens is 300 g/mol. The Morgan fingerprint density at radius 2 is 1.65 bits per heavy atom. The van der Waals surface area contributed by atoms with Gasteiger partial charge in [0.1, 0.15) is 6.10 Å². The van der Waals surface area contributed by atoms with Crippen molar-refractivity contribution in [1.29, 1.82) is 0 Å². The van der Waals surface area contributed by atoms with Crippen LogP contribution in [0.25, 0.3) is 0 Å². The number of hydrogen-bond acceptors (Lipinski definition) is 1. The van der Waals surface area contributed by atoms with E-state index in [0.717, 1.165) is 26.2 Å². The first kappa shape index (κ1) is 12.6. The monoisotopic (exact) mass is 310 g/mol. The van der Waals surface area contributed by atoms with Crippen LogP contribution in [0.5, 0.6) is 0 Å². The molecule has 0 spiro atoms. The predicted octanol–water partition coefficient (Wildman–Crippen LogP) is 4.49. The minimum atomic E-state index is -0.612. The summed E-state index contributed by atoms with van der Waals surface area (Å²) >= 11 is 9.34. The number of hydrogen-bond donors (Lipinski definition) is 1. The number of aryl methyl sites for hydroxylation is 1. The Labute approximate surface area is 114 Å². The van der Waals surface area contributed by atoms with Gasteiger partial charge in [0.2, 0.25) is 0 Å². The highest BCUT2D eigenvalue weighted by Crippen LogP contribution is 2.26. The van der Waals surface area contributed by atoms with E-state index in [1.807, 2.05) is 49.4 Å². The SMILES string of the molecule is Cc1cc([C@@H](O)c2ccc(Br)cc2)ccc1Cl. The van der Waals surface area contributed by atoms with E-state index in [0.29, 0.717) is 0 Å². The summed E-state index contributed by atoms with van der Waals surface area (Å²) in [5.41, 5.74) is 2.70. The van der Waals surface area contributed by atoms with Gasteiger partial charge >= 0.3 is 0 Å². The highest BCUT2D eigenvalue weighted by Gasteiger charge is 2.11. The van der Waals surface area contributed by atoms with Crippen molar-refractivity contribution >= 4 is 27.5 Å². The molecule has 0 radical (unpaired) electrons. The van der Waals surface area contributed by atoms with Gasteiger partial charge in [0.15, 0.2) is 0 Å². The molecule has 2 rings (SSSR count). The number of halogens is 2. The van der Waals surface area contributed by atoms with Crippen molar-refractivity contribution in [3.8, 4) is 0 Å². The second-order valence-corrected chi connectivity index (χ2v) is 5.29. The van der Waals surface area contributed by atoms with Crippen molar-refractivity contribution in [3.63, 3.8) is 0 Å². The molecule has 0 unspecified atom stereocenters. The molecule has 0 heterocycles. The van der Waals surface area contributed by atoms with Gasteiger partial charge in [-0.25, -0.2) is 0 Å². The van der Waals surface area contributed by atoms with Crippen molar-refractivity contribution < 1.29 is 5.11 Å². The highest BCUT2D eigenvalue weighted by molar-refractivity contribution is 9.10. The average molecular weight is 312 g/mol. The van der Waals surface area contributed by atoms with Gasteiger partial charge < -0.3 is 5.11 Å². The van der Waals surface area contributed by atoms with Crippen molar-refractivity contribution in [3.05, 3.63) is 68.7 Å². The number of aliphatic hydroxyl groups is 1. The van der Waals surface area contributed by atoms with E-state index in [1.165, 1.54) is 0 Å². The molecule has 17 heavy (non-hydrogen) atoms. The zero-order chi connectivity index (χ0) is 12.4. The maximum absolute atomic E-state index is 10.2. The van der Waals surface area contributed by atoms with Crippen LogP contribution in [0, 0.1) is 6.92 Å². The van der Waals surface area contributed by atoms with Crippen LogP contribution in [-0.4, -0.2) is 5.11 Å². The maximum Gasteiger partial charge on any atom is 0.104 e. The molecule has 0 aliphatic rings. The fourth-order valence-corrected chi connectivity index (χ4v) is 2.06. The van der Waals surface area contributed by atoms with Gasteiger partial charge in [0.25, 0.3) is 0 Å². The summed E-state index contributed by atoms with van der Waals surface area (Å²) in [4.78, 5) is 0.